The molecule has 1 saturated heterocycles. The van der Waals surface area contributed by atoms with Gasteiger partial charge in [0, 0.05) is 43.0 Å². The number of rotatable bonds is 11. The Bertz CT molecular complexity index is 1620. The van der Waals surface area contributed by atoms with Crippen molar-refractivity contribution in [2.24, 2.45) is 7.05 Å². The van der Waals surface area contributed by atoms with Gasteiger partial charge in [-0.25, -0.2) is 9.97 Å². The highest BCUT2D eigenvalue weighted by Gasteiger charge is 2.18. The third kappa shape index (κ3) is 6.98. The van der Waals surface area contributed by atoms with Crippen molar-refractivity contribution < 1.29 is 4.79 Å². The van der Waals surface area contributed by atoms with Gasteiger partial charge in [-0.15, -0.1) is 6.42 Å². The van der Waals surface area contributed by atoms with Crippen molar-refractivity contribution in [3.05, 3.63) is 81.4 Å². The van der Waals surface area contributed by atoms with Gasteiger partial charge in [0.05, 0.1) is 24.0 Å². The zero-order valence-corrected chi connectivity index (χ0v) is 24.6. The van der Waals surface area contributed by atoms with Crippen molar-refractivity contribution in [2.75, 3.05) is 31.1 Å². The van der Waals surface area contributed by atoms with Crippen LogP contribution in [0.25, 0.3) is 10.9 Å². The SMILES string of the molecule is C#CCN(Cc1cc2c(=O)n(C)c(CN3CCCCC3)nc2cc1Cl)c1ccc(C(=O)NCCCn2cncn2)cc1. The Hall–Kier alpha value is -4.20. The summed E-state index contributed by atoms with van der Waals surface area (Å²) in [5, 5.41) is 8.04. The molecular formula is C31H35ClN8O2. The summed E-state index contributed by atoms with van der Waals surface area (Å²) in [6.07, 6.45) is 13.2. The molecule has 218 valence electrons. The van der Waals surface area contributed by atoms with E-state index in [9.17, 15) is 9.59 Å². The number of likely N-dealkylation sites (tertiary alicyclic amines) is 1. The Morgan fingerprint density at radius 2 is 1.95 bits per heavy atom. The molecule has 11 heteroatoms. The van der Waals surface area contributed by atoms with Gasteiger partial charge in [0.2, 0.25) is 0 Å². The molecule has 0 unspecified atom stereocenters. The lowest BCUT2D eigenvalue weighted by atomic mass is 10.1. The van der Waals surface area contributed by atoms with E-state index in [1.807, 2.05) is 23.1 Å². The van der Waals surface area contributed by atoms with Crippen LogP contribution < -0.4 is 15.8 Å². The summed E-state index contributed by atoms with van der Waals surface area (Å²) < 4.78 is 3.37. The number of nitrogens with zero attached hydrogens (tertiary/aromatic N) is 7. The molecule has 10 nitrogen and oxygen atoms in total. The first-order valence-corrected chi connectivity index (χ1v) is 14.6. The number of amides is 1. The van der Waals surface area contributed by atoms with Crippen LogP contribution in [0.2, 0.25) is 5.02 Å². The highest BCUT2D eigenvalue weighted by atomic mass is 35.5. The van der Waals surface area contributed by atoms with Crippen LogP contribution in [-0.4, -0.2) is 61.3 Å². The molecule has 4 aromatic rings. The highest BCUT2D eigenvalue weighted by molar-refractivity contribution is 6.32. The quantitative estimate of drug-likeness (QED) is 0.212. The molecule has 1 aliphatic heterocycles. The molecule has 0 atom stereocenters. The smallest absolute Gasteiger partial charge is 0.261 e. The molecular weight excluding hydrogens is 552 g/mol. The van der Waals surface area contributed by atoms with Crippen molar-refractivity contribution in [2.45, 2.75) is 45.3 Å². The number of hydrogen-bond donors (Lipinski definition) is 1. The van der Waals surface area contributed by atoms with Crippen LogP contribution in [0.15, 0.2) is 53.8 Å². The molecule has 0 radical (unpaired) electrons. The molecule has 42 heavy (non-hydrogen) atoms. The zero-order chi connectivity index (χ0) is 29.5. The third-order valence-electron chi connectivity index (χ3n) is 7.60. The molecule has 1 fully saturated rings. The van der Waals surface area contributed by atoms with Crippen molar-refractivity contribution in [1.82, 2.24) is 34.5 Å². The minimum absolute atomic E-state index is 0.0925. The third-order valence-corrected chi connectivity index (χ3v) is 7.96. The maximum Gasteiger partial charge on any atom is 0.261 e. The van der Waals surface area contributed by atoms with Crippen LogP contribution in [0.3, 0.4) is 0 Å². The van der Waals surface area contributed by atoms with E-state index in [1.165, 1.54) is 25.6 Å². The van der Waals surface area contributed by atoms with Crippen LogP contribution in [-0.2, 0) is 26.7 Å². The second-order valence-electron chi connectivity index (χ2n) is 10.6. The summed E-state index contributed by atoms with van der Waals surface area (Å²) >= 11 is 6.73. The van der Waals surface area contributed by atoms with E-state index in [1.54, 1.807) is 40.8 Å². The molecule has 0 aliphatic carbocycles. The van der Waals surface area contributed by atoms with Gasteiger partial charge in [-0.2, -0.15) is 5.10 Å². The number of piperidine rings is 1. The van der Waals surface area contributed by atoms with Crippen LogP contribution >= 0.6 is 11.6 Å². The first-order valence-electron chi connectivity index (χ1n) is 14.2. The van der Waals surface area contributed by atoms with Gasteiger partial charge in [-0.05, 0) is 74.3 Å². The van der Waals surface area contributed by atoms with Crippen molar-refractivity contribution in [3.8, 4) is 12.3 Å². The van der Waals surface area contributed by atoms with Gasteiger partial charge in [0.15, 0.2) is 0 Å². The van der Waals surface area contributed by atoms with Gasteiger partial charge in [0.1, 0.15) is 18.5 Å². The first-order chi connectivity index (χ1) is 20.4. The van der Waals surface area contributed by atoms with Crippen LogP contribution in [0, 0.1) is 12.3 Å². The number of aryl methyl sites for hydroxylation is 1. The maximum atomic E-state index is 13.4. The van der Waals surface area contributed by atoms with Crippen molar-refractivity contribution >= 4 is 34.1 Å². The lowest BCUT2D eigenvalue weighted by molar-refractivity contribution is 0.0952. The zero-order valence-electron chi connectivity index (χ0n) is 23.8. The number of carbonyl (C=O) groups excluding carboxylic acids is 1. The Morgan fingerprint density at radius 1 is 1.17 bits per heavy atom. The lowest BCUT2D eigenvalue weighted by Crippen LogP contribution is -2.33. The number of terminal acetylenes is 1. The molecule has 2 aromatic carbocycles. The van der Waals surface area contributed by atoms with E-state index in [4.69, 9.17) is 23.0 Å². The Kier molecular flexibility index (Phi) is 9.52. The molecule has 0 bridgehead atoms. The van der Waals surface area contributed by atoms with Crippen LogP contribution in [0.1, 0.15) is 47.4 Å². The predicted octanol–water partition coefficient (Wildman–Crippen LogP) is 3.62. The molecule has 3 heterocycles. The van der Waals surface area contributed by atoms with E-state index < -0.39 is 0 Å². The average Bonchev–Trinajstić information content (AvgIpc) is 3.53. The number of nitrogens with one attached hydrogen (secondary N) is 1. The largest absolute Gasteiger partial charge is 0.356 e. The molecule has 0 spiro atoms. The highest BCUT2D eigenvalue weighted by Crippen LogP contribution is 2.26. The van der Waals surface area contributed by atoms with E-state index in [2.05, 4.69) is 26.2 Å². The predicted molar refractivity (Wildman–Crippen MR) is 164 cm³/mol. The van der Waals surface area contributed by atoms with Gasteiger partial charge in [0.25, 0.3) is 11.5 Å². The number of fused-ring (bicyclic) bond motifs is 1. The summed E-state index contributed by atoms with van der Waals surface area (Å²) in [5.41, 5.74) is 2.67. The molecule has 1 aliphatic rings. The summed E-state index contributed by atoms with van der Waals surface area (Å²) in [6.45, 7) is 4.62. The number of benzene rings is 2. The van der Waals surface area contributed by atoms with E-state index in [-0.39, 0.29) is 11.5 Å². The Balaban J connectivity index is 1.28. The second kappa shape index (κ2) is 13.6. The summed E-state index contributed by atoms with van der Waals surface area (Å²) in [6, 6.07) is 10.9. The summed E-state index contributed by atoms with van der Waals surface area (Å²) in [5.74, 6) is 3.30. The number of aromatic nitrogens is 5. The van der Waals surface area contributed by atoms with E-state index in [0.717, 1.165) is 36.6 Å². The Labute approximate surface area is 250 Å². The van der Waals surface area contributed by atoms with Gasteiger partial charge >= 0.3 is 0 Å². The summed E-state index contributed by atoms with van der Waals surface area (Å²) in [7, 11) is 1.78. The standard InChI is InChI=1S/C31H35ClN8O2/c1-3-13-39(25-10-8-23(9-11-25)30(41)34-12-7-16-40-22-33-21-35-40)19-24-17-26-28(18-27(24)32)36-29(37(2)31(26)42)20-38-14-5-4-6-15-38/h1,8-11,17-18,21-22H,4-7,12-16,19-20H2,2H3,(H,34,41). The molecule has 1 amide bonds. The average molecular weight is 587 g/mol. The fraction of sp³-hybridized carbons (Fsp3) is 0.387. The minimum atomic E-state index is -0.149. The number of halogens is 1. The Morgan fingerprint density at radius 3 is 2.67 bits per heavy atom. The molecule has 2 aromatic heterocycles. The number of anilines is 1. The van der Waals surface area contributed by atoms with Crippen molar-refractivity contribution in [3.63, 3.8) is 0 Å². The maximum absolute atomic E-state index is 13.4. The topological polar surface area (TPSA) is 101 Å². The van der Waals surface area contributed by atoms with E-state index in [0.29, 0.717) is 54.2 Å². The van der Waals surface area contributed by atoms with Gasteiger partial charge in [-0.1, -0.05) is 23.9 Å². The lowest BCUT2D eigenvalue weighted by Gasteiger charge is -2.26. The van der Waals surface area contributed by atoms with E-state index >= 15 is 0 Å². The fourth-order valence-electron chi connectivity index (χ4n) is 5.23. The van der Waals surface area contributed by atoms with Crippen LogP contribution in [0.4, 0.5) is 5.69 Å². The van der Waals surface area contributed by atoms with Crippen molar-refractivity contribution in [1.29, 1.82) is 0 Å². The van der Waals surface area contributed by atoms with Gasteiger partial charge in [-0.3, -0.25) is 23.7 Å². The monoisotopic (exact) mass is 586 g/mol. The van der Waals surface area contributed by atoms with Gasteiger partial charge < -0.3 is 10.2 Å². The molecule has 5 rings (SSSR count). The minimum Gasteiger partial charge on any atom is -0.356 e. The summed E-state index contributed by atoms with van der Waals surface area (Å²) in [4.78, 5) is 39.0. The normalized spacial score (nSPS) is 13.6. The molecule has 1 N–H and O–H groups in total. The second-order valence-corrected chi connectivity index (χ2v) is 11.0. The number of carbonyl (C=O) groups is 1. The number of hydrogen-bond acceptors (Lipinski definition) is 7. The molecule has 0 saturated carbocycles. The first kappa shape index (κ1) is 29.3. The fourth-order valence-corrected chi connectivity index (χ4v) is 5.45. The van der Waals surface area contributed by atoms with Crippen LogP contribution in [0.5, 0.6) is 0 Å².